The van der Waals surface area contributed by atoms with Crippen molar-refractivity contribution in [1.29, 1.82) is 0 Å². The van der Waals surface area contributed by atoms with Crippen molar-refractivity contribution in [1.82, 2.24) is 15.1 Å². The Balaban J connectivity index is 1.64. The first-order valence-electron chi connectivity index (χ1n) is 8.81. The third-order valence-corrected chi connectivity index (χ3v) is 4.94. The standard InChI is InChI=1S/C19H23N3O4/c1-19(2)17(25)22(18(26)20-19)12-15(23)21-10-6-9-14(11-21)16(24)13-7-4-3-5-8-13/h3-5,7-8,14H,6,9-12H2,1-2H3,(H,20,26). The number of Topliss-reactive ketones (excluding diaryl/α,β-unsaturated/α-hetero) is 1. The van der Waals surface area contributed by atoms with E-state index in [9.17, 15) is 19.2 Å². The SMILES string of the molecule is CC1(C)NC(=O)N(CC(=O)N2CCCC(C(=O)c3ccccc3)C2)C1=O. The number of ketones is 1. The van der Waals surface area contributed by atoms with Gasteiger partial charge < -0.3 is 10.2 Å². The second kappa shape index (κ2) is 6.90. The first-order chi connectivity index (χ1) is 12.3. The highest BCUT2D eigenvalue weighted by Gasteiger charge is 2.45. The van der Waals surface area contributed by atoms with E-state index < -0.39 is 17.5 Å². The molecule has 0 spiro atoms. The zero-order valence-corrected chi connectivity index (χ0v) is 15.0. The van der Waals surface area contributed by atoms with Crippen LogP contribution in [0.2, 0.25) is 0 Å². The van der Waals surface area contributed by atoms with Gasteiger partial charge in [-0.25, -0.2) is 4.79 Å². The molecule has 0 saturated carbocycles. The largest absolute Gasteiger partial charge is 0.340 e. The minimum absolute atomic E-state index is 0.0271. The zero-order chi connectivity index (χ0) is 18.9. The molecule has 2 fully saturated rings. The van der Waals surface area contributed by atoms with Crippen LogP contribution in [0, 0.1) is 5.92 Å². The van der Waals surface area contributed by atoms with Crippen LogP contribution in [0.3, 0.4) is 0 Å². The van der Waals surface area contributed by atoms with Gasteiger partial charge in [-0.3, -0.25) is 19.3 Å². The number of rotatable bonds is 4. The molecule has 2 aliphatic rings. The van der Waals surface area contributed by atoms with Crippen molar-refractivity contribution >= 4 is 23.6 Å². The van der Waals surface area contributed by atoms with Gasteiger partial charge in [0.25, 0.3) is 5.91 Å². The van der Waals surface area contributed by atoms with Crippen LogP contribution in [0.1, 0.15) is 37.0 Å². The maximum absolute atomic E-state index is 12.6. The number of benzene rings is 1. The van der Waals surface area contributed by atoms with Gasteiger partial charge in [-0.1, -0.05) is 30.3 Å². The lowest BCUT2D eigenvalue weighted by atomic mass is 9.90. The molecule has 0 bridgehead atoms. The number of nitrogens with one attached hydrogen (secondary N) is 1. The van der Waals surface area contributed by atoms with Crippen molar-refractivity contribution in [2.24, 2.45) is 5.92 Å². The van der Waals surface area contributed by atoms with Crippen LogP contribution in [-0.2, 0) is 9.59 Å². The minimum atomic E-state index is -0.995. The van der Waals surface area contributed by atoms with Crippen molar-refractivity contribution < 1.29 is 19.2 Å². The van der Waals surface area contributed by atoms with Crippen molar-refractivity contribution in [2.45, 2.75) is 32.2 Å². The smallest absolute Gasteiger partial charge is 0.325 e. The number of likely N-dealkylation sites (tertiary alicyclic amines) is 1. The fourth-order valence-electron chi connectivity index (χ4n) is 3.45. The van der Waals surface area contributed by atoms with Crippen LogP contribution < -0.4 is 5.32 Å². The number of hydrogen-bond donors (Lipinski definition) is 1. The van der Waals surface area contributed by atoms with Gasteiger partial charge in [0.1, 0.15) is 12.1 Å². The third-order valence-electron chi connectivity index (χ3n) is 4.94. The normalized spacial score (nSPS) is 22.3. The third kappa shape index (κ3) is 3.47. The second-order valence-corrected chi connectivity index (χ2v) is 7.36. The molecule has 2 saturated heterocycles. The van der Waals surface area contributed by atoms with E-state index >= 15 is 0 Å². The van der Waals surface area contributed by atoms with E-state index in [0.29, 0.717) is 18.7 Å². The van der Waals surface area contributed by atoms with E-state index in [0.717, 1.165) is 17.7 Å². The molecule has 0 radical (unpaired) electrons. The van der Waals surface area contributed by atoms with E-state index in [1.54, 1.807) is 30.9 Å². The number of urea groups is 1. The van der Waals surface area contributed by atoms with E-state index in [4.69, 9.17) is 0 Å². The first-order valence-corrected chi connectivity index (χ1v) is 8.81. The molecule has 2 heterocycles. The van der Waals surface area contributed by atoms with Crippen LogP contribution in [0.5, 0.6) is 0 Å². The average Bonchev–Trinajstić information content (AvgIpc) is 2.83. The highest BCUT2D eigenvalue weighted by molar-refractivity contribution is 6.08. The number of carbonyl (C=O) groups is 4. The Labute approximate surface area is 152 Å². The van der Waals surface area contributed by atoms with Gasteiger partial charge >= 0.3 is 6.03 Å². The molecule has 0 aromatic heterocycles. The van der Waals surface area contributed by atoms with Gasteiger partial charge in [-0.05, 0) is 26.7 Å². The van der Waals surface area contributed by atoms with Gasteiger partial charge in [0.2, 0.25) is 5.91 Å². The Morgan fingerprint density at radius 2 is 1.88 bits per heavy atom. The van der Waals surface area contributed by atoms with Crippen molar-refractivity contribution in [3.05, 3.63) is 35.9 Å². The predicted molar refractivity (Wildman–Crippen MR) is 94.4 cm³/mol. The van der Waals surface area contributed by atoms with Gasteiger partial charge in [0, 0.05) is 24.6 Å². The van der Waals surface area contributed by atoms with Crippen molar-refractivity contribution in [3.63, 3.8) is 0 Å². The van der Waals surface area contributed by atoms with E-state index in [-0.39, 0.29) is 24.2 Å². The molecule has 1 aromatic rings. The number of carbonyl (C=O) groups excluding carboxylic acids is 4. The summed E-state index contributed by atoms with van der Waals surface area (Å²) in [6.07, 6.45) is 1.45. The number of hydrogen-bond acceptors (Lipinski definition) is 4. The Bertz CT molecular complexity index is 744. The van der Waals surface area contributed by atoms with Gasteiger partial charge in [-0.2, -0.15) is 0 Å². The highest BCUT2D eigenvalue weighted by Crippen LogP contribution is 2.22. The lowest BCUT2D eigenvalue weighted by molar-refractivity contribution is -0.139. The summed E-state index contributed by atoms with van der Waals surface area (Å²) in [5, 5.41) is 2.56. The summed E-state index contributed by atoms with van der Waals surface area (Å²) in [4.78, 5) is 51.9. The Morgan fingerprint density at radius 3 is 2.50 bits per heavy atom. The van der Waals surface area contributed by atoms with Gasteiger partial charge in [0.15, 0.2) is 5.78 Å². The Hall–Kier alpha value is -2.70. The van der Waals surface area contributed by atoms with Gasteiger partial charge in [0.05, 0.1) is 0 Å². The highest BCUT2D eigenvalue weighted by atomic mass is 16.2. The van der Waals surface area contributed by atoms with Crippen LogP contribution >= 0.6 is 0 Å². The van der Waals surface area contributed by atoms with Crippen molar-refractivity contribution in [2.75, 3.05) is 19.6 Å². The summed E-state index contributed by atoms with van der Waals surface area (Å²) in [5.41, 5.74) is -0.354. The number of piperidine rings is 1. The molecule has 2 aliphatic heterocycles. The lowest BCUT2D eigenvalue weighted by Crippen LogP contribution is -2.48. The van der Waals surface area contributed by atoms with E-state index in [2.05, 4.69) is 5.32 Å². The van der Waals surface area contributed by atoms with E-state index in [1.807, 2.05) is 18.2 Å². The number of amides is 4. The summed E-state index contributed by atoms with van der Waals surface area (Å²) >= 11 is 0. The monoisotopic (exact) mass is 357 g/mol. The first kappa shape index (κ1) is 18.1. The fraction of sp³-hybridized carbons (Fsp3) is 0.474. The Kier molecular flexibility index (Phi) is 4.80. The summed E-state index contributed by atoms with van der Waals surface area (Å²) < 4.78 is 0. The summed E-state index contributed by atoms with van der Waals surface area (Å²) in [6, 6.07) is 8.49. The lowest BCUT2D eigenvalue weighted by Gasteiger charge is -2.32. The average molecular weight is 357 g/mol. The van der Waals surface area contributed by atoms with E-state index in [1.165, 1.54) is 0 Å². The molecule has 1 N–H and O–H groups in total. The minimum Gasteiger partial charge on any atom is -0.340 e. The van der Waals surface area contributed by atoms with Gasteiger partial charge in [-0.15, -0.1) is 0 Å². The maximum Gasteiger partial charge on any atom is 0.325 e. The second-order valence-electron chi connectivity index (χ2n) is 7.36. The maximum atomic E-state index is 12.6. The van der Waals surface area contributed by atoms with Crippen LogP contribution in [-0.4, -0.2) is 58.6 Å². The van der Waals surface area contributed by atoms with Crippen LogP contribution in [0.25, 0.3) is 0 Å². The summed E-state index contributed by atoms with van der Waals surface area (Å²) in [7, 11) is 0. The molecular weight excluding hydrogens is 334 g/mol. The predicted octanol–water partition coefficient (Wildman–Crippen LogP) is 1.44. The Morgan fingerprint density at radius 1 is 1.19 bits per heavy atom. The molecule has 3 rings (SSSR count). The molecule has 1 atom stereocenters. The fourth-order valence-corrected chi connectivity index (χ4v) is 3.45. The molecule has 7 heteroatoms. The summed E-state index contributed by atoms with van der Waals surface area (Å²) in [5.74, 6) is -0.949. The zero-order valence-electron chi connectivity index (χ0n) is 15.0. The van der Waals surface area contributed by atoms with Crippen LogP contribution in [0.4, 0.5) is 4.79 Å². The number of nitrogens with zero attached hydrogens (tertiary/aromatic N) is 2. The molecule has 7 nitrogen and oxygen atoms in total. The molecule has 138 valence electrons. The van der Waals surface area contributed by atoms with Crippen molar-refractivity contribution in [3.8, 4) is 0 Å². The molecule has 26 heavy (non-hydrogen) atoms. The van der Waals surface area contributed by atoms with Crippen LogP contribution in [0.15, 0.2) is 30.3 Å². The summed E-state index contributed by atoms with van der Waals surface area (Å²) in [6.45, 7) is 3.77. The molecule has 0 aliphatic carbocycles. The molecule has 4 amide bonds. The number of imide groups is 1. The molecular formula is C19H23N3O4. The molecule has 1 unspecified atom stereocenters. The topological polar surface area (TPSA) is 86.8 Å². The molecule has 1 aromatic carbocycles. The quantitative estimate of drug-likeness (QED) is 0.652.